The number of methoxy groups -OCH3 is 1. The lowest BCUT2D eigenvalue weighted by atomic mass is 9.79. The van der Waals surface area contributed by atoms with Crippen molar-refractivity contribution in [3.8, 4) is 5.75 Å². The molecule has 2 fully saturated rings. The van der Waals surface area contributed by atoms with Crippen molar-refractivity contribution in [2.24, 2.45) is 5.41 Å². The molecule has 3 aromatic rings. The Bertz CT molecular complexity index is 1080. The van der Waals surface area contributed by atoms with Crippen LogP contribution in [0.1, 0.15) is 50.3 Å². The minimum Gasteiger partial charge on any atom is -0.497 e. The minimum absolute atomic E-state index is 0.0366. The van der Waals surface area contributed by atoms with E-state index in [9.17, 15) is 0 Å². The van der Waals surface area contributed by atoms with Crippen LogP contribution in [0.5, 0.6) is 5.75 Å². The summed E-state index contributed by atoms with van der Waals surface area (Å²) in [7, 11) is 1.69. The van der Waals surface area contributed by atoms with Crippen molar-refractivity contribution in [3.63, 3.8) is 0 Å². The van der Waals surface area contributed by atoms with E-state index in [0.717, 1.165) is 54.7 Å². The minimum atomic E-state index is 0.0366. The molecule has 2 N–H and O–H groups in total. The molecule has 1 spiro atoms. The molecule has 31 heavy (non-hydrogen) atoms. The second-order valence-corrected chi connectivity index (χ2v) is 9.26. The van der Waals surface area contributed by atoms with Gasteiger partial charge >= 0.3 is 0 Å². The van der Waals surface area contributed by atoms with E-state index in [0.29, 0.717) is 17.3 Å². The second kappa shape index (κ2) is 7.67. The Kier molecular flexibility index (Phi) is 4.97. The highest BCUT2D eigenvalue weighted by Crippen LogP contribution is 2.38. The monoisotopic (exact) mass is 421 g/mol. The van der Waals surface area contributed by atoms with Crippen molar-refractivity contribution in [1.29, 1.82) is 0 Å². The van der Waals surface area contributed by atoms with Crippen LogP contribution in [0.25, 0.3) is 5.65 Å². The standard InChI is InChI=1S/C23H31N7O/c1-15(2)19-11-25-30-20(19)27-21(29-13-23(14-29)8-9-24-12-23)28-22(30)26-16(3)17-6-5-7-18(10-17)31-4/h5-7,10-11,15-16,24H,8-9,12-14H2,1-4H3,(H,26,27,28)/t16-/m0/s1. The van der Waals surface area contributed by atoms with Crippen LogP contribution in [0.4, 0.5) is 11.9 Å². The Morgan fingerprint density at radius 2 is 2.03 bits per heavy atom. The van der Waals surface area contributed by atoms with E-state index in [-0.39, 0.29) is 6.04 Å². The Hall–Kier alpha value is -2.87. The first kappa shape index (κ1) is 20.1. The van der Waals surface area contributed by atoms with E-state index < -0.39 is 0 Å². The smallest absolute Gasteiger partial charge is 0.230 e. The summed E-state index contributed by atoms with van der Waals surface area (Å²) in [4.78, 5) is 12.1. The van der Waals surface area contributed by atoms with Gasteiger partial charge in [-0.2, -0.15) is 19.6 Å². The van der Waals surface area contributed by atoms with Crippen molar-refractivity contribution in [2.45, 2.75) is 39.2 Å². The molecule has 4 heterocycles. The van der Waals surface area contributed by atoms with Gasteiger partial charge in [-0.15, -0.1) is 0 Å². The van der Waals surface area contributed by atoms with Gasteiger partial charge in [0.1, 0.15) is 5.75 Å². The number of aromatic nitrogens is 4. The summed E-state index contributed by atoms with van der Waals surface area (Å²) >= 11 is 0. The molecule has 164 valence electrons. The quantitative estimate of drug-likeness (QED) is 0.633. The van der Waals surface area contributed by atoms with E-state index in [1.165, 1.54) is 6.42 Å². The maximum Gasteiger partial charge on any atom is 0.230 e. The van der Waals surface area contributed by atoms with Gasteiger partial charge in [0.05, 0.1) is 19.3 Å². The summed E-state index contributed by atoms with van der Waals surface area (Å²) in [5.41, 5.74) is 3.53. The van der Waals surface area contributed by atoms with Crippen LogP contribution in [0.15, 0.2) is 30.5 Å². The lowest BCUT2D eigenvalue weighted by Gasteiger charge is -2.47. The van der Waals surface area contributed by atoms with Crippen LogP contribution in [0.2, 0.25) is 0 Å². The van der Waals surface area contributed by atoms with Gasteiger partial charge in [0.2, 0.25) is 11.9 Å². The summed E-state index contributed by atoms with van der Waals surface area (Å²) in [6, 6.07) is 8.14. The molecule has 2 aromatic heterocycles. The molecule has 2 aliphatic heterocycles. The highest BCUT2D eigenvalue weighted by molar-refractivity contribution is 5.57. The molecular weight excluding hydrogens is 390 g/mol. The van der Waals surface area contributed by atoms with E-state index in [2.05, 4.69) is 47.5 Å². The number of hydrogen-bond acceptors (Lipinski definition) is 7. The summed E-state index contributed by atoms with van der Waals surface area (Å²) in [5, 5.41) is 11.7. The number of fused-ring (bicyclic) bond motifs is 1. The van der Waals surface area contributed by atoms with Crippen LogP contribution in [-0.4, -0.2) is 52.9 Å². The van der Waals surface area contributed by atoms with Crippen molar-refractivity contribution >= 4 is 17.5 Å². The van der Waals surface area contributed by atoms with E-state index in [4.69, 9.17) is 14.7 Å². The summed E-state index contributed by atoms with van der Waals surface area (Å²) < 4.78 is 7.23. The molecule has 0 unspecified atom stereocenters. The third-order valence-electron chi connectivity index (χ3n) is 6.61. The largest absolute Gasteiger partial charge is 0.497 e. The number of anilines is 2. The SMILES string of the molecule is COc1cccc([C@H](C)Nc2nc(N3CC4(CCNC4)C3)nc3c(C(C)C)cnn23)c1. The molecule has 0 bridgehead atoms. The summed E-state index contributed by atoms with van der Waals surface area (Å²) in [6.45, 7) is 10.7. The molecule has 8 nitrogen and oxygen atoms in total. The van der Waals surface area contributed by atoms with Gasteiger partial charge in [0, 0.05) is 30.6 Å². The lowest BCUT2D eigenvalue weighted by molar-refractivity contribution is 0.240. The molecular formula is C23H31N7O. The predicted molar refractivity (Wildman–Crippen MR) is 122 cm³/mol. The Morgan fingerprint density at radius 1 is 1.19 bits per heavy atom. The van der Waals surface area contributed by atoms with Gasteiger partial charge in [0.15, 0.2) is 5.65 Å². The zero-order valence-electron chi connectivity index (χ0n) is 18.7. The van der Waals surface area contributed by atoms with Crippen LogP contribution < -0.4 is 20.3 Å². The molecule has 8 heteroatoms. The van der Waals surface area contributed by atoms with Gasteiger partial charge in [-0.05, 0) is 43.5 Å². The molecule has 2 aliphatic rings. The van der Waals surface area contributed by atoms with Gasteiger partial charge in [0.25, 0.3) is 0 Å². The van der Waals surface area contributed by atoms with Crippen molar-refractivity contribution < 1.29 is 4.74 Å². The fourth-order valence-electron chi connectivity index (χ4n) is 4.68. The zero-order valence-corrected chi connectivity index (χ0v) is 18.7. The molecule has 0 radical (unpaired) electrons. The number of nitrogens with zero attached hydrogens (tertiary/aromatic N) is 5. The average molecular weight is 422 g/mol. The molecule has 2 saturated heterocycles. The molecule has 0 amide bonds. The number of benzene rings is 1. The zero-order chi connectivity index (χ0) is 21.6. The molecule has 1 atom stereocenters. The van der Waals surface area contributed by atoms with Gasteiger partial charge in [-0.3, -0.25) is 0 Å². The van der Waals surface area contributed by atoms with Gasteiger partial charge in [-0.1, -0.05) is 26.0 Å². The first-order valence-electron chi connectivity index (χ1n) is 11.1. The van der Waals surface area contributed by atoms with Crippen molar-refractivity contribution in [2.75, 3.05) is 43.5 Å². The van der Waals surface area contributed by atoms with Gasteiger partial charge < -0.3 is 20.3 Å². The number of rotatable bonds is 6. The third-order valence-corrected chi connectivity index (χ3v) is 6.61. The molecule has 5 rings (SSSR count). The number of hydrogen-bond donors (Lipinski definition) is 2. The Morgan fingerprint density at radius 3 is 2.74 bits per heavy atom. The number of nitrogens with one attached hydrogen (secondary N) is 2. The van der Waals surface area contributed by atoms with E-state index in [1.807, 2.05) is 28.9 Å². The maximum atomic E-state index is 5.39. The molecule has 0 aliphatic carbocycles. The van der Waals surface area contributed by atoms with Crippen molar-refractivity contribution in [3.05, 3.63) is 41.6 Å². The fraction of sp³-hybridized carbons (Fsp3) is 0.522. The second-order valence-electron chi connectivity index (χ2n) is 9.26. The fourth-order valence-corrected chi connectivity index (χ4v) is 4.68. The Balaban J connectivity index is 1.48. The van der Waals surface area contributed by atoms with Crippen LogP contribution in [-0.2, 0) is 0 Å². The van der Waals surface area contributed by atoms with Crippen LogP contribution in [0.3, 0.4) is 0 Å². The normalized spacial score (nSPS) is 18.5. The summed E-state index contributed by atoms with van der Waals surface area (Å²) in [5.74, 6) is 2.68. The first-order valence-corrected chi connectivity index (χ1v) is 11.1. The first-order chi connectivity index (χ1) is 15.0. The Labute approximate surface area is 183 Å². The summed E-state index contributed by atoms with van der Waals surface area (Å²) in [6.07, 6.45) is 3.14. The number of ether oxygens (including phenoxy) is 1. The molecule has 0 saturated carbocycles. The van der Waals surface area contributed by atoms with Crippen LogP contribution >= 0.6 is 0 Å². The average Bonchev–Trinajstić information content (AvgIpc) is 3.40. The highest BCUT2D eigenvalue weighted by atomic mass is 16.5. The molecule has 1 aromatic carbocycles. The third kappa shape index (κ3) is 3.59. The highest BCUT2D eigenvalue weighted by Gasteiger charge is 2.46. The van der Waals surface area contributed by atoms with Crippen molar-refractivity contribution in [1.82, 2.24) is 24.9 Å². The topological polar surface area (TPSA) is 79.6 Å². The lowest BCUT2D eigenvalue weighted by Crippen LogP contribution is -2.58. The van der Waals surface area contributed by atoms with Gasteiger partial charge in [-0.25, -0.2) is 0 Å². The van der Waals surface area contributed by atoms with E-state index >= 15 is 0 Å². The van der Waals surface area contributed by atoms with E-state index in [1.54, 1.807) is 7.11 Å². The maximum absolute atomic E-state index is 5.39. The predicted octanol–water partition coefficient (Wildman–Crippen LogP) is 3.23. The van der Waals surface area contributed by atoms with Crippen LogP contribution in [0, 0.1) is 5.41 Å².